The largest absolute Gasteiger partial charge is 0.393 e. The van der Waals surface area contributed by atoms with E-state index in [9.17, 15) is 14.3 Å². The summed E-state index contributed by atoms with van der Waals surface area (Å²) < 4.78 is 14.6. The van der Waals surface area contributed by atoms with E-state index in [0.717, 1.165) is 38.5 Å². The second-order valence-corrected chi connectivity index (χ2v) is 9.37. The number of aromatic nitrogens is 2. The number of aliphatic hydroxyl groups is 1. The topological polar surface area (TPSA) is 78.0 Å². The van der Waals surface area contributed by atoms with Crippen molar-refractivity contribution in [2.24, 2.45) is 0 Å². The lowest BCUT2D eigenvalue weighted by Crippen LogP contribution is -2.22. The third-order valence-electron chi connectivity index (χ3n) is 5.89. The number of H-pyrrole nitrogens is 1. The van der Waals surface area contributed by atoms with Crippen LogP contribution in [0.1, 0.15) is 63.6 Å². The van der Waals surface area contributed by atoms with E-state index in [-0.39, 0.29) is 11.5 Å². The number of halogens is 1. The minimum Gasteiger partial charge on any atom is -0.393 e. The molecule has 5 nitrogen and oxygen atoms in total. The van der Waals surface area contributed by atoms with Crippen molar-refractivity contribution < 1.29 is 9.50 Å². The Balaban J connectivity index is 1.51. The molecule has 0 spiro atoms. The minimum absolute atomic E-state index is 0.0312. The average Bonchev–Trinajstić information content (AvgIpc) is 2.68. The van der Waals surface area contributed by atoms with Crippen LogP contribution in [0.5, 0.6) is 0 Å². The third kappa shape index (κ3) is 4.69. The van der Waals surface area contributed by atoms with Crippen molar-refractivity contribution in [2.45, 2.75) is 80.9 Å². The number of anilines is 1. The Hall–Kier alpha value is -1.60. The SMILES string of the molecule is O=c1[nH]c(CSC2CCC(O)CC2)nc2cc(NC3CCCCC3)cc(F)c12. The first-order valence-electron chi connectivity index (χ1n) is 10.4. The van der Waals surface area contributed by atoms with Crippen LogP contribution < -0.4 is 10.9 Å². The molecule has 1 aromatic carbocycles. The van der Waals surface area contributed by atoms with Gasteiger partial charge in [0.1, 0.15) is 17.0 Å². The quantitative estimate of drug-likeness (QED) is 0.690. The zero-order valence-corrected chi connectivity index (χ0v) is 16.9. The molecule has 0 saturated heterocycles. The van der Waals surface area contributed by atoms with Gasteiger partial charge in [0.15, 0.2) is 0 Å². The molecule has 0 unspecified atom stereocenters. The summed E-state index contributed by atoms with van der Waals surface area (Å²) in [7, 11) is 0. The molecule has 3 N–H and O–H groups in total. The Kier molecular flexibility index (Phi) is 6.21. The van der Waals surface area contributed by atoms with Gasteiger partial charge >= 0.3 is 0 Å². The first kappa shape index (κ1) is 19.7. The Morgan fingerprint density at radius 1 is 1.14 bits per heavy atom. The normalized spacial score (nSPS) is 23.8. The second-order valence-electron chi connectivity index (χ2n) is 8.09. The zero-order chi connectivity index (χ0) is 19.5. The van der Waals surface area contributed by atoms with Crippen molar-refractivity contribution in [3.63, 3.8) is 0 Å². The van der Waals surface area contributed by atoms with Crippen LogP contribution in [0.25, 0.3) is 10.9 Å². The van der Waals surface area contributed by atoms with Crippen molar-refractivity contribution in [1.29, 1.82) is 0 Å². The van der Waals surface area contributed by atoms with Gasteiger partial charge in [-0.3, -0.25) is 4.79 Å². The first-order chi connectivity index (χ1) is 13.6. The maximum Gasteiger partial charge on any atom is 0.261 e. The molecule has 152 valence electrons. The molecule has 2 aliphatic carbocycles. The highest BCUT2D eigenvalue weighted by molar-refractivity contribution is 7.99. The fraction of sp³-hybridized carbons (Fsp3) is 0.619. The van der Waals surface area contributed by atoms with E-state index >= 15 is 0 Å². The highest BCUT2D eigenvalue weighted by atomic mass is 32.2. The number of hydrogen-bond acceptors (Lipinski definition) is 5. The summed E-state index contributed by atoms with van der Waals surface area (Å²) in [5.74, 6) is 0.654. The Morgan fingerprint density at radius 3 is 2.64 bits per heavy atom. The summed E-state index contributed by atoms with van der Waals surface area (Å²) in [4.78, 5) is 19.7. The van der Waals surface area contributed by atoms with Gasteiger partial charge in [-0.25, -0.2) is 9.37 Å². The minimum atomic E-state index is -0.523. The Morgan fingerprint density at radius 2 is 1.89 bits per heavy atom. The number of hydrogen-bond donors (Lipinski definition) is 3. The predicted molar refractivity (Wildman–Crippen MR) is 112 cm³/mol. The molecule has 2 aliphatic rings. The van der Waals surface area contributed by atoms with Crippen LogP contribution in [0.4, 0.5) is 10.1 Å². The lowest BCUT2D eigenvalue weighted by Gasteiger charge is -2.24. The second kappa shape index (κ2) is 8.82. The van der Waals surface area contributed by atoms with E-state index < -0.39 is 11.4 Å². The summed E-state index contributed by atoms with van der Waals surface area (Å²) in [6.07, 6.45) is 9.32. The lowest BCUT2D eigenvalue weighted by molar-refractivity contribution is 0.132. The van der Waals surface area contributed by atoms with E-state index in [4.69, 9.17) is 0 Å². The van der Waals surface area contributed by atoms with Crippen molar-refractivity contribution in [3.8, 4) is 0 Å². The highest BCUT2D eigenvalue weighted by Gasteiger charge is 2.20. The number of thioether (sulfide) groups is 1. The molecule has 28 heavy (non-hydrogen) atoms. The van der Waals surface area contributed by atoms with Crippen molar-refractivity contribution >= 4 is 28.4 Å². The van der Waals surface area contributed by atoms with Crippen LogP contribution in [-0.2, 0) is 5.75 Å². The van der Waals surface area contributed by atoms with E-state index in [0.29, 0.717) is 34.1 Å². The van der Waals surface area contributed by atoms with E-state index in [1.54, 1.807) is 17.8 Å². The molecule has 1 heterocycles. The number of nitrogens with one attached hydrogen (secondary N) is 2. The number of aliphatic hydroxyl groups excluding tert-OH is 1. The fourth-order valence-corrected chi connectivity index (χ4v) is 5.45. The number of fused-ring (bicyclic) bond motifs is 1. The van der Waals surface area contributed by atoms with Gasteiger partial charge in [-0.1, -0.05) is 19.3 Å². The standard InChI is InChI=1S/C21H28FN3O2S/c22-17-10-14(23-13-4-2-1-3-5-13)11-18-20(17)21(27)25-19(24-18)12-28-16-8-6-15(26)7-9-16/h10-11,13,15-16,23,26H,1-9,12H2,(H,24,25,27). The molecule has 7 heteroatoms. The van der Waals surface area contributed by atoms with Crippen LogP contribution in [0, 0.1) is 5.82 Å². The highest BCUT2D eigenvalue weighted by Crippen LogP contribution is 2.30. The van der Waals surface area contributed by atoms with Gasteiger partial charge in [-0.2, -0.15) is 11.8 Å². The molecule has 2 fully saturated rings. The van der Waals surface area contributed by atoms with Crippen molar-refractivity contribution in [2.75, 3.05) is 5.32 Å². The van der Waals surface area contributed by atoms with Crippen LogP contribution >= 0.6 is 11.8 Å². The molecule has 4 rings (SSSR count). The number of benzene rings is 1. The summed E-state index contributed by atoms with van der Waals surface area (Å²) in [5, 5.41) is 13.5. The fourth-order valence-electron chi connectivity index (χ4n) is 4.32. The third-order valence-corrected chi connectivity index (χ3v) is 7.27. The molecule has 0 atom stereocenters. The number of rotatable bonds is 5. The number of aromatic amines is 1. The maximum atomic E-state index is 14.6. The molecular weight excluding hydrogens is 377 g/mol. The Bertz CT molecular complexity index is 874. The number of nitrogens with zero attached hydrogens (tertiary/aromatic N) is 1. The van der Waals surface area contributed by atoms with Gasteiger partial charge in [0.05, 0.1) is 17.4 Å². The van der Waals surface area contributed by atoms with Gasteiger partial charge < -0.3 is 15.4 Å². The van der Waals surface area contributed by atoms with Crippen LogP contribution in [-0.4, -0.2) is 32.5 Å². The van der Waals surface area contributed by atoms with E-state index in [1.807, 2.05) is 0 Å². The maximum absolute atomic E-state index is 14.6. The van der Waals surface area contributed by atoms with E-state index in [2.05, 4.69) is 15.3 Å². The van der Waals surface area contributed by atoms with Gasteiger partial charge in [-0.05, 0) is 50.7 Å². The molecule has 1 aromatic heterocycles. The Labute approximate surface area is 168 Å². The lowest BCUT2D eigenvalue weighted by atomic mass is 9.95. The molecule has 0 amide bonds. The summed E-state index contributed by atoms with van der Waals surface area (Å²) in [6, 6.07) is 3.58. The summed E-state index contributed by atoms with van der Waals surface area (Å²) >= 11 is 1.75. The summed E-state index contributed by atoms with van der Waals surface area (Å²) in [6.45, 7) is 0. The average molecular weight is 406 g/mol. The predicted octanol–water partition coefficient (Wildman–Crippen LogP) is 4.34. The van der Waals surface area contributed by atoms with Gasteiger partial charge in [-0.15, -0.1) is 0 Å². The zero-order valence-electron chi connectivity index (χ0n) is 16.0. The monoisotopic (exact) mass is 405 g/mol. The van der Waals surface area contributed by atoms with Gasteiger partial charge in [0, 0.05) is 17.0 Å². The molecular formula is C21H28FN3O2S. The molecule has 0 aliphatic heterocycles. The van der Waals surface area contributed by atoms with Gasteiger partial charge in [0.25, 0.3) is 5.56 Å². The smallest absolute Gasteiger partial charge is 0.261 e. The van der Waals surface area contributed by atoms with Crippen LogP contribution in [0.2, 0.25) is 0 Å². The van der Waals surface area contributed by atoms with Crippen molar-refractivity contribution in [3.05, 3.63) is 34.1 Å². The van der Waals surface area contributed by atoms with E-state index in [1.165, 1.54) is 25.3 Å². The molecule has 2 aromatic rings. The molecule has 0 bridgehead atoms. The van der Waals surface area contributed by atoms with Gasteiger partial charge in [0.2, 0.25) is 0 Å². The van der Waals surface area contributed by atoms with Crippen molar-refractivity contribution in [1.82, 2.24) is 9.97 Å². The summed E-state index contributed by atoms with van der Waals surface area (Å²) in [5.41, 5.74) is 0.702. The first-order valence-corrected chi connectivity index (χ1v) is 11.4. The van der Waals surface area contributed by atoms with Crippen LogP contribution in [0.3, 0.4) is 0 Å². The van der Waals surface area contributed by atoms with Crippen LogP contribution in [0.15, 0.2) is 16.9 Å². The molecule has 2 saturated carbocycles. The molecule has 0 radical (unpaired) electrons.